The Morgan fingerprint density at radius 2 is 1.02 bits per heavy atom. The molecule has 0 heterocycles. The van der Waals surface area contributed by atoms with Crippen LogP contribution in [0.4, 0.5) is 0 Å². The van der Waals surface area contributed by atoms with Crippen molar-refractivity contribution in [1.82, 2.24) is 0 Å². The molecule has 0 aliphatic heterocycles. The Morgan fingerprint density at radius 1 is 0.625 bits per heavy atom. The van der Waals surface area contributed by atoms with Gasteiger partial charge in [-0.05, 0) is 61.1 Å². The number of carbonyl (C=O) groups is 2. The first-order valence-electron chi connectivity index (χ1n) is 13.8. The predicted octanol–water partition coefficient (Wildman–Crippen LogP) is 8.45. The van der Waals surface area contributed by atoms with E-state index in [1.807, 2.05) is 64.1 Å². The number of benzene rings is 4. The van der Waals surface area contributed by atoms with Crippen molar-refractivity contribution in [3.8, 4) is 22.3 Å². The van der Waals surface area contributed by atoms with Gasteiger partial charge in [0.15, 0.2) is 0 Å². The topological polar surface area (TPSA) is 52.6 Å². The van der Waals surface area contributed by atoms with Gasteiger partial charge in [-0.1, -0.05) is 116 Å². The Morgan fingerprint density at radius 3 is 1.43 bits per heavy atom. The van der Waals surface area contributed by atoms with Gasteiger partial charge in [0.2, 0.25) is 0 Å². The highest BCUT2D eigenvalue weighted by molar-refractivity contribution is 5.80. The van der Waals surface area contributed by atoms with E-state index in [-0.39, 0.29) is 12.3 Å². The average Bonchev–Trinajstić information content (AvgIpc) is 2.94. The van der Waals surface area contributed by atoms with E-state index in [4.69, 9.17) is 9.47 Å². The van der Waals surface area contributed by atoms with Crippen molar-refractivity contribution in [1.29, 1.82) is 0 Å². The van der Waals surface area contributed by atoms with Gasteiger partial charge in [0.1, 0.15) is 11.7 Å². The molecule has 0 aliphatic rings. The van der Waals surface area contributed by atoms with E-state index in [0.29, 0.717) is 0 Å². The summed E-state index contributed by atoms with van der Waals surface area (Å²) in [4.78, 5) is 25.4. The standard InChI is InChI=1S/C36H38O4/c1-25(24-33(37)40-36(3,4)5)35(38)39-26(2)34(31-20-16-29(17-21-31)27-12-8-6-9-13-27)32-22-18-30(19-23-32)28-14-10-7-11-15-28/h6-23,25-26,34H,24H2,1-5H3/t25-,26+/m1/s1. The molecule has 0 saturated heterocycles. The summed E-state index contributed by atoms with van der Waals surface area (Å²) in [5, 5.41) is 0. The molecule has 0 aliphatic carbocycles. The third-order valence-corrected chi connectivity index (χ3v) is 6.82. The SMILES string of the molecule is C[C@H](CC(=O)OC(C)(C)C)C(=O)O[C@@H](C)C(c1ccc(-c2ccccc2)cc1)c1ccc(-c2ccccc2)cc1. The molecular formula is C36H38O4. The molecular weight excluding hydrogens is 496 g/mol. The lowest BCUT2D eigenvalue weighted by atomic mass is 9.85. The number of rotatable bonds is 9. The highest BCUT2D eigenvalue weighted by Crippen LogP contribution is 2.33. The molecule has 0 unspecified atom stereocenters. The summed E-state index contributed by atoms with van der Waals surface area (Å²) in [5.74, 6) is -1.62. The zero-order chi connectivity index (χ0) is 28.7. The minimum atomic E-state index is -0.612. The van der Waals surface area contributed by atoms with Gasteiger partial charge in [0.25, 0.3) is 0 Å². The average molecular weight is 535 g/mol. The number of carbonyl (C=O) groups excluding carboxylic acids is 2. The summed E-state index contributed by atoms with van der Waals surface area (Å²) in [5.41, 5.74) is 6.04. The third-order valence-electron chi connectivity index (χ3n) is 6.82. The summed E-state index contributed by atoms with van der Waals surface area (Å²) >= 11 is 0. The van der Waals surface area contributed by atoms with Gasteiger partial charge < -0.3 is 9.47 Å². The molecule has 0 aromatic heterocycles. The van der Waals surface area contributed by atoms with Crippen LogP contribution in [0.25, 0.3) is 22.3 Å². The fraction of sp³-hybridized carbons (Fsp3) is 0.278. The summed E-state index contributed by atoms with van der Waals surface area (Å²) < 4.78 is 11.4. The quantitative estimate of drug-likeness (QED) is 0.202. The van der Waals surface area contributed by atoms with Crippen molar-refractivity contribution in [3.05, 3.63) is 120 Å². The maximum Gasteiger partial charge on any atom is 0.309 e. The first kappa shape index (κ1) is 28.8. The summed E-state index contributed by atoms with van der Waals surface area (Å²) in [6.45, 7) is 9.06. The van der Waals surface area contributed by atoms with Crippen molar-refractivity contribution in [2.45, 2.75) is 58.7 Å². The van der Waals surface area contributed by atoms with Crippen molar-refractivity contribution in [2.75, 3.05) is 0 Å². The summed E-state index contributed by atoms with van der Waals surface area (Å²) in [6.07, 6.45) is -0.482. The molecule has 0 radical (unpaired) electrons. The monoisotopic (exact) mass is 534 g/mol. The van der Waals surface area contributed by atoms with Crippen molar-refractivity contribution >= 4 is 11.9 Å². The first-order valence-corrected chi connectivity index (χ1v) is 13.8. The largest absolute Gasteiger partial charge is 0.461 e. The molecule has 0 amide bonds. The van der Waals surface area contributed by atoms with Gasteiger partial charge in [0.05, 0.1) is 12.3 Å². The Labute approximate surface area is 238 Å². The molecule has 40 heavy (non-hydrogen) atoms. The lowest BCUT2D eigenvalue weighted by Gasteiger charge is -2.27. The van der Waals surface area contributed by atoms with Gasteiger partial charge in [0, 0.05) is 5.92 Å². The van der Waals surface area contributed by atoms with Crippen LogP contribution in [0, 0.1) is 5.92 Å². The smallest absolute Gasteiger partial charge is 0.309 e. The molecule has 4 heteroatoms. The zero-order valence-corrected chi connectivity index (χ0v) is 24.0. The molecule has 0 spiro atoms. The Hall–Kier alpha value is -4.18. The molecule has 4 nitrogen and oxygen atoms in total. The second kappa shape index (κ2) is 12.8. The second-order valence-corrected chi connectivity index (χ2v) is 11.3. The number of hydrogen-bond donors (Lipinski definition) is 0. The maximum absolute atomic E-state index is 13.1. The molecule has 2 atom stereocenters. The number of esters is 2. The molecule has 0 N–H and O–H groups in total. The van der Waals surface area contributed by atoms with E-state index < -0.39 is 29.6 Å². The van der Waals surface area contributed by atoms with E-state index in [1.165, 1.54) is 0 Å². The second-order valence-electron chi connectivity index (χ2n) is 11.3. The van der Waals surface area contributed by atoms with Crippen molar-refractivity contribution in [3.63, 3.8) is 0 Å². The van der Waals surface area contributed by atoms with E-state index in [2.05, 4.69) is 72.8 Å². The molecule has 0 fully saturated rings. The van der Waals surface area contributed by atoms with E-state index in [1.54, 1.807) is 6.92 Å². The van der Waals surface area contributed by atoms with Crippen LogP contribution in [0.2, 0.25) is 0 Å². The molecule has 206 valence electrons. The fourth-order valence-electron chi connectivity index (χ4n) is 4.85. The van der Waals surface area contributed by atoms with Crippen LogP contribution in [-0.4, -0.2) is 23.6 Å². The summed E-state index contributed by atoms with van der Waals surface area (Å²) in [6, 6.07) is 37.3. The molecule has 4 aromatic carbocycles. The minimum Gasteiger partial charge on any atom is -0.461 e. The molecule has 0 saturated carbocycles. The lowest BCUT2D eigenvalue weighted by molar-refractivity contribution is -0.163. The minimum absolute atomic E-state index is 0.0228. The van der Waals surface area contributed by atoms with Gasteiger partial charge >= 0.3 is 11.9 Å². The first-order chi connectivity index (χ1) is 19.1. The highest BCUT2D eigenvalue weighted by atomic mass is 16.6. The van der Waals surface area contributed by atoms with Crippen LogP contribution < -0.4 is 0 Å². The molecule has 4 rings (SSSR count). The van der Waals surface area contributed by atoms with E-state index in [9.17, 15) is 9.59 Å². The van der Waals surface area contributed by atoms with Crippen LogP contribution >= 0.6 is 0 Å². The molecule has 4 aromatic rings. The third kappa shape index (κ3) is 7.69. The van der Waals surface area contributed by atoms with Gasteiger partial charge in [-0.2, -0.15) is 0 Å². The number of hydrogen-bond acceptors (Lipinski definition) is 4. The van der Waals surface area contributed by atoms with E-state index in [0.717, 1.165) is 33.4 Å². The Kier molecular flexibility index (Phi) is 9.21. The van der Waals surface area contributed by atoms with Crippen molar-refractivity contribution < 1.29 is 19.1 Å². The normalized spacial score (nSPS) is 12.9. The molecule has 0 bridgehead atoms. The van der Waals surface area contributed by atoms with Crippen molar-refractivity contribution in [2.24, 2.45) is 5.92 Å². The zero-order valence-electron chi connectivity index (χ0n) is 24.0. The highest BCUT2D eigenvalue weighted by Gasteiger charge is 2.29. The Bertz CT molecular complexity index is 1300. The predicted molar refractivity (Wildman–Crippen MR) is 161 cm³/mol. The van der Waals surface area contributed by atoms with Gasteiger partial charge in [-0.3, -0.25) is 9.59 Å². The van der Waals surface area contributed by atoms with Gasteiger partial charge in [-0.25, -0.2) is 0 Å². The maximum atomic E-state index is 13.1. The van der Waals surface area contributed by atoms with E-state index >= 15 is 0 Å². The Balaban J connectivity index is 1.58. The van der Waals surface area contributed by atoms with Crippen LogP contribution in [0.5, 0.6) is 0 Å². The fourth-order valence-corrected chi connectivity index (χ4v) is 4.85. The number of ether oxygens (including phenoxy) is 2. The van der Waals surface area contributed by atoms with Crippen LogP contribution in [-0.2, 0) is 19.1 Å². The summed E-state index contributed by atoms with van der Waals surface area (Å²) in [7, 11) is 0. The lowest BCUT2D eigenvalue weighted by Crippen LogP contribution is -2.30. The van der Waals surface area contributed by atoms with Crippen LogP contribution in [0.1, 0.15) is 58.1 Å². The van der Waals surface area contributed by atoms with Crippen LogP contribution in [0.3, 0.4) is 0 Å². The van der Waals surface area contributed by atoms with Gasteiger partial charge in [-0.15, -0.1) is 0 Å². The van der Waals surface area contributed by atoms with Crippen LogP contribution in [0.15, 0.2) is 109 Å².